The number of benzene rings is 1. The first-order chi connectivity index (χ1) is 6.34. The van der Waals surface area contributed by atoms with Gasteiger partial charge in [-0.05, 0) is 19.5 Å². The zero-order valence-corrected chi connectivity index (χ0v) is 9.69. The molecule has 1 N–H and O–H groups in total. The fourth-order valence-corrected chi connectivity index (χ4v) is 1.62. The van der Waals surface area contributed by atoms with Crippen molar-refractivity contribution in [3.8, 4) is 0 Å². The highest BCUT2D eigenvalue weighted by Gasteiger charge is 2.02. The van der Waals surface area contributed by atoms with Gasteiger partial charge in [-0.25, -0.2) is 0 Å². The van der Waals surface area contributed by atoms with Crippen LogP contribution in [0.4, 0.5) is 0 Å². The molecule has 0 aliphatic rings. The van der Waals surface area contributed by atoms with E-state index in [4.69, 9.17) is 0 Å². The first kappa shape index (κ1) is 12.5. The Labute approximate surface area is 86.1 Å². The Morgan fingerprint density at radius 3 is 2.15 bits per heavy atom. The van der Waals surface area contributed by atoms with Crippen molar-refractivity contribution in [2.75, 3.05) is 7.05 Å². The largest absolute Gasteiger partial charge is 0.267 e. The van der Waals surface area contributed by atoms with E-state index in [9.17, 15) is 0 Å². The maximum absolute atomic E-state index is 3.08. The Balaban J connectivity index is 0.000000671. The topological polar surface area (TPSA) is 12.0 Å². The quantitative estimate of drug-likeness (QED) is 0.742. The van der Waals surface area contributed by atoms with E-state index >= 15 is 0 Å². The van der Waals surface area contributed by atoms with Crippen molar-refractivity contribution in [3.63, 3.8) is 0 Å². The fraction of sp³-hybridized carbons (Fsp3) is 0.455. The summed E-state index contributed by atoms with van der Waals surface area (Å²) >= 11 is 1.73. The van der Waals surface area contributed by atoms with E-state index in [0.29, 0.717) is 5.25 Å². The Bertz CT molecular complexity index is 199. The lowest BCUT2D eigenvalue weighted by atomic mass is 10.2. The van der Waals surface area contributed by atoms with Crippen LogP contribution in [0.1, 0.15) is 31.6 Å². The molecule has 2 heteroatoms. The van der Waals surface area contributed by atoms with Crippen molar-refractivity contribution >= 4 is 11.9 Å². The molecule has 0 heterocycles. The van der Waals surface area contributed by atoms with Crippen LogP contribution < -0.4 is 4.72 Å². The Morgan fingerprint density at radius 2 is 1.69 bits per heavy atom. The third-order valence-corrected chi connectivity index (χ3v) is 2.43. The second-order valence-electron chi connectivity index (χ2n) is 2.37. The van der Waals surface area contributed by atoms with Crippen molar-refractivity contribution in [3.05, 3.63) is 35.9 Å². The molecule has 0 aromatic heterocycles. The standard InChI is InChI=1S/C9H13NS.C2H6/c1-8(11-10-2)9-6-4-3-5-7-9;1-2/h3-8,10H,1-2H3;1-2H3. The molecule has 1 rings (SSSR count). The van der Waals surface area contributed by atoms with E-state index in [2.05, 4.69) is 35.9 Å². The molecule has 0 saturated carbocycles. The monoisotopic (exact) mass is 197 g/mol. The van der Waals surface area contributed by atoms with Gasteiger partial charge in [0.25, 0.3) is 0 Å². The molecular formula is C11H19NS. The van der Waals surface area contributed by atoms with Crippen LogP contribution in [0, 0.1) is 0 Å². The SMILES string of the molecule is CC.CNSC(C)c1ccccc1. The van der Waals surface area contributed by atoms with Crippen LogP contribution in [0.2, 0.25) is 0 Å². The lowest BCUT2D eigenvalue weighted by molar-refractivity contribution is 1.08. The molecule has 74 valence electrons. The number of rotatable bonds is 3. The zero-order valence-electron chi connectivity index (χ0n) is 8.87. The highest BCUT2D eigenvalue weighted by atomic mass is 32.2. The first-order valence-electron chi connectivity index (χ1n) is 4.72. The summed E-state index contributed by atoms with van der Waals surface area (Å²) < 4.78 is 3.08. The Kier molecular flexibility index (Phi) is 7.85. The first-order valence-corrected chi connectivity index (χ1v) is 5.60. The molecule has 0 amide bonds. The van der Waals surface area contributed by atoms with Gasteiger partial charge in [0.2, 0.25) is 0 Å². The van der Waals surface area contributed by atoms with Crippen LogP contribution in [0.15, 0.2) is 30.3 Å². The second kappa shape index (κ2) is 8.14. The van der Waals surface area contributed by atoms with Gasteiger partial charge >= 0.3 is 0 Å². The molecule has 0 aliphatic heterocycles. The molecule has 1 aromatic carbocycles. The minimum Gasteiger partial charge on any atom is -0.267 e. The van der Waals surface area contributed by atoms with Crippen molar-refractivity contribution in [1.29, 1.82) is 0 Å². The number of hydrogen-bond acceptors (Lipinski definition) is 2. The molecule has 0 saturated heterocycles. The number of hydrogen-bond donors (Lipinski definition) is 1. The molecule has 1 nitrogen and oxygen atoms in total. The van der Waals surface area contributed by atoms with E-state index in [1.807, 2.05) is 27.0 Å². The van der Waals surface area contributed by atoms with E-state index in [0.717, 1.165) is 0 Å². The van der Waals surface area contributed by atoms with Crippen LogP contribution in [-0.4, -0.2) is 7.05 Å². The normalized spacial score (nSPS) is 11.4. The van der Waals surface area contributed by atoms with Crippen LogP contribution in [0.5, 0.6) is 0 Å². The Morgan fingerprint density at radius 1 is 1.15 bits per heavy atom. The van der Waals surface area contributed by atoms with Gasteiger partial charge in [0.1, 0.15) is 0 Å². The highest BCUT2D eigenvalue weighted by Crippen LogP contribution is 2.24. The summed E-state index contributed by atoms with van der Waals surface area (Å²) in [5, 5.41) is 0.529. The molecule has 0 fully saturated rings. The van der Waals surface area contributed by atoms with E-state index < -0.39 is 0 Å². The second-order valence-corrected chi connectivity index (χ2v) is 3.73. The average molecular weight is 197 g/mol. The van der Waals surface area contributed by atoms with Crippen molar-refractivity contribution in [2.45, 2.75) is 26.0 Å². The predicted octanol–water partition coefficient (Wildman–Crippen LogP) is 3.64. The van der Waals surface area contributed by atoms with Gasteiger partial charge in [-0.15, -0.1) is 0 Å². The molecular weight excluding hydrogens is 178 g/mol. The summed E-state index contributed by atoms with van der Waals surface area (Å²) in [5.41, 5.74) is 1.37. The van der Waals surface area contributed by atoms with Crippen molar-refractivity contribution < 1.29 is 0 Å². The van der Waals surface area contributed by atoms with Crippen LogP contribution in [0.25, 0.3) is 0 Å². The third-order valence-electron chi connectivity index (χ3n) is 1.56. The molecule has 1 unspecified atom stereocenters. The summed E-state index contributed by atoms with van der Waals surface area (Å²) in [6.45, 7) is 6.19. The predicted molar refractivity (Wildman–Crippen MR) is 62.9 cm³/mol. The summed E-state index contributed by atoms with van der Waals surface area (Å²) in [7, 11) is 1.95. The molecule has 0 bridgehead atoms. The smallest absolute Gasteiger partial charge is 0.0414 e. The summed E-state index contributed by atoms with van der Waals surface area (Å²) in [6, 6.07) is 10.5. The van der Waals surface area contributed by atoms with Gasteiger partial charge in [-0.2, -0.15) is 0 Å². The maximum Gasteiger partial charge on any atom is 0.0414 e. The minimum atomic E-state index is 0.529. The van der Waals surface area contributed by atoms with Gasteiger partial charge in [0, 0.05) is 5.25 Å². The van der Waals surface area contributed by atoms with Crippen LogP contribution in [0.3, 0.4) is 0 Å². The lowest BCUT2D eigenvalue weighted by Crippen LogP contribution is -1.97. The van der Waals surface area contributed by atoms with Gasteiger partial charge in [0.05, 0.1) is 0 Å². The van der Waals surface area contributed by atoms with Crippen LogP contribution in [-0.2, 0) is 0 Å². The molecule has 0 aliphatic carbocycles. The lowest BCUT2D eigenvalue weighted by Gasteiger charge is -2.08. The van der Waals surface area contributed by atoms with E-state index in [1.165, 1.54) is 5.56 Å². The van der Waals surface area contributed by atoms with E-state index in [-0.39, 0.29) is 0 Å². The fourth-order valence-electron chi connectivity index (χ4n) is 0.969. The molecule has 0 radical (unpaired) electrons. The summed E-state index contributed by atoms with van der Waals surface area (Å²) in [6.07, 6.45) is 0. The highest BCUT2D eigenvalue weighted by molar-refractivity contribution is 7.97. The molecule has 0 spiro atoms. The van der Waals surface area contributed by atoms with Gasteiger partial charge in [-0.3, -0.25) is 4.72 Å². The summed E-state index contributed by atoms with van der Waals surface area (Å²) in [5.74, 6) is 0. The van der Waals surface area contributed by atoms with Crippen molar-refractivity contribution in [1.82, 2.24) is 4.72 Å². The molecule has 1 atom stereocenters. The van der Waals surface area contributed by atoms with Gasteiger partial charge in [-0.1, -0.05) is 56.1 Å². The van der Waals surface area contributed by atoms with Gasteiger partial charge < -0.3 is 0 Å². The van der Waals surface area contributed by atoms with E-state index in [1.54, 1.807) is 11.9 Å². The average Bonchev–Trinajstić information content (AvgIpc) is 2.23. The zero-order chi connectivity index (χ0) is 10.1. The third kappa shape index (κ3) is 4.96. The molecule has 13 heavy (non-hydrogen) atoms. The van der Waals surface area contributed by atoms with Crippen molar-refractivity contribution in [2.24, 2.45) is 0 Å². The van der Waals surface area contributed by atoms with Gasteiger partial charge in [0.15, 0.2) is 0 Å². The minimum absolute atomic E-state index is 0.529. The number of nitrogens with one attached hydrogen (secondary N) is 1. The molecule has 1 aromatic rings. The Hall–Kier alpha value is -0.470. The summed E-state index contributed by atoms with van der Waals surface area (Å²) in [4.78, 5) is 0. The maximum atomic E-state index is 3.08. The van der Waals surface area contributed by atoms with Crippen LogP contribution >= 0.6 is 11.9 Å².